The summed E-state index contributed by atoms with van der Waals surface area (Å²) in [5.74, 6) is 0. The van der Waals surface area contributed by atoms with E-state index < -0.39 is 5.41 Å². The Morgan fingerprint density at radius 3 is 1.19 bits per heavy atom. The molecule has 0 saturated heterocycles. The summed E-state index contributed by atoms with van der Waals surface area (Å²) < 4.78 is 0. The Morgan fingerprint density at radius 2 is 0.726 bits per heavy atom. The van der Waals surface area contributed by atoms with Crippen LogP contribution in [0, 0.1) is 68.0 Å². The van der Waals surface area contributed by atoms with E-state index in [0.29, 0.717) is 27.8 Å². The van der Waals surface area contributed by atoms with E-state index in [1.165, 1.54) is 46.5 Å². The van der Waals surface area contributed by atoms with Crippen LogP contribution < -0.4 is 4.90 Å². The number of hydrogen-bond acceptors (Lipinski definition) is 7. The molecule has 1 aliphatic carbocycles. The van der Waals surface area contributed by atoms with Crippen molar-refractivity contribution in [3.8, 4) is 80.9 Å². The molecule has 0 aromatic heterocycles. The van der Waals surface area contributed by atoms with Crippen LogP contribution in [-0.4, -0.2) is 0 Å². The van der Waals surface area contributed by atoms with Gasteiger partial charge in [0.1, 0.15) is 0 Å². The topological polar surface area (TPSA) is 146 Å². The van der Waals surface area contributed by atoms with Gasteiger partial charge in [0, 0.05) is 16.7 Å². The Kier molecular flexibility index (Phi) is 8.55. The van der Waals surface area contributed by atoms with Gasteiger partial charge >= 0.3 is 0 Å². The van der Waals surface area contributed by atoms with E-state index in [4.69, 9.17) is 0 Å². The number of anilines is 3. The van der Waals surface area contributed by atoms with Crippen molar-refractivity contribution < 1.29 is 0 Å². The van der Waals surface area contributed by atoms with Crippen LogP contribution in [0.4, 0.5) is 17.1 Å². The van der Waals surface area contributed by atoms with Crippen LogP contribution in [-0.2, 0) is 5.41 Å². The molecule has 2 aliphatic rings. The van der Waals surface area contributed by atoms with Gasteiger partial charge < -0.3 is 4.90 Å². The molecule has 282 valence electrons. The highest BCUT2D eigenvalue weighted by molar-refractivity contribution is 6.01. The lowest BCUT2D eigenvalue weighted by Crippen LogP contribution is -2.36. The Hall–Kier alpha value is -9.50. The van der Waals surface area contributed by atoms with Crippen LogP contribution in [0.15, 0.2) is 164 Å². The number of para-hydroxylation sites is 3. The zero-order valence-corrected chi connectivity index (χ0v) is 32.7. The van der Waals surface area contributed by atoms with Crippen molar-refractivity contribution in [2.75, 3.05) is 4.90 Å². The number of nitrogens with zero attached hydrogens (tertiary/aromatic N) is 7. The molecule has 0 amide bonds. The molecule has 0 saturated carbocycles. The molecule has 8 aromatic carbocycles. The minimum absolute atomic E-state index is 0.117. The van der Waals surface area contributed by atoms with Crippen molar-refractivity contribution in [2.45, 2.75) is 5.41 Å². The molecular formula is C55H27N7. The fraction of sp³-hybridized carbons (Fsp3) is 0.0182. The van der Waals surface area contributed by atoms with Crippen molar-refractivity contribution in [2.24, 2.45) is 0 Å². The molecule has 0 fully saturated rings. The molecule has 0 N–H and O–H groups in total. The third-order valence-electron chi connectivity index (χ3n) is 12.1. The summed E-state index contributed by atoms with van der Waals surface area (Å²) in [5, 5.41) is 61.4. The SMILES string of the molecule is N#Cc1cc(C#N)c(-c2ccc(-c3ccccc3N3c4ccccc4C4(c5ccccc5-c5ccccc54)c4ccccc43)c(-c3c(C#N)cc(C#N)cc3C#N)c2)c(C#N)c1. The summed E-state index contributed by atoms with van der Waals surface area (Å²) in [6.45, 7) is 0. The number of benzene rings is 8. The maximum Gasteiger partial charge on any atom is 0.0999 e. The normalized spacial score (nSPS) is 12.2. The maximum atomic E-state index is 10.6. The Labute approximate surface area is 357 Å². The number of hydrogen-bond donors (Lipinski definition) is 0. The lowest BCUT2D eigenvalue weighted by molar-refractivity contribution is 0.753. The largest absolute Gasteiger partial charge is 0.309 e. The van der Waals surface area contributed by atoms with Crippen molar-refractivity contribution >= 4 is 17.1 Å². The first-order chi connectivity index (χ1) is 30.5. The average Bonchev–Trinajstić information content (AvgIpc) is 3.63. The molecule has 0 atom stereocenters. The monoisotopic (exact) mass is 785 g/mol. The smallest absolute Gasteiger partial charge is 0.0999 e. The molecule has 1 aliphatic heterocycles. The van der Waals surface area contributed by atoms with E-state index in [2.05, 4.69) is 138 Å². The first-order valence-corrected chi connectivity index (χ1v) is 19.7. The standard InChI is InChI=1S/C55H27N7/c56-28-34-23-37(30-58)53(38(24-34)31-59)36-21-22-41(45(27-36)54-39(32-60)25-35(29-57)26-40(54)33-61)44-13-3-8-18-50(44)62-51-19-9-6-16-48(51)55(49-17-7-10-20-52(49)62)46-14-4-1-11-42(46)43-12-2-5-15-47(43)55/h1-27H. The summed E-state index contributed by atoms with van der Waals surface area (Å²) in [5.41, 5.74) is 13.0. The highest BCUT2D eigenvalue weighted by atomic mass is 15.2. The minimum atomic E-state index is -0.623. The Balaban J connectivity index is 1.28. The van der Waals surface area contributed by atoms with E-state index in [0.717, 1.165) is 33.8 Å². The second kappa shape index (κ2) is 14.4. The van der Waals surface area contributed by atoms with Crippen molar-refractivity contribution in [1.29, 1.82) is 31.6 Å². The highest BCUT2D eigenvalue weighted by Gasteiger charge is 2.51. The molecule has 7 heteroatoms. The summed E-state index contributed by atoms with van der Waals surface area (Å²) in [4.78, 5) is 2.28. The summed E-state index contributed by atoms with van der Waals surface area (Å²) >= 11 is 0. The fourth-order valence-corrected chi connectivity index (χ4v) is 9.73. The van der Waals surface area contributed by atoms with E-state index in [9.17, 15) is 31.6 Å². The van der Waals surface area contributed by atoms with Gasteiger partial charge in [0.15, 0.2) is 0 Å². The molecule has 7 nitrogen and oxygen atoms in total. The summed E-state index contributed by atoms with van der Waals surface area (Å²) in [7, 11) is 0. The third-order valence-corrected chi connectivity index (χ3v) is 12.1. The van der Waals surface area contributed by atoms with Crippen molar-refractivity contribution in [3.05, 3.63) is 219 Å². The van der Waals surface area contributed by atoms with Crippen molar-refractivity contribution in [3.63, 3.8) is 0 Å². The van der Waals surface area contributed by atoms with Crippen LogP contribution in [0.2, 0.25) is 0 Å². The minimum Gasteiger partial charge on any atom is -0.309 e. The molecule has 0 unspecified atom stereocenters. The van der Waals surface area contributed by atoms with Crippen molar-refractivity contribution in [1.82, 2.24) is 0 Å². The van der Waals surface area contributed by atoms with Crippen LogP contribution in [0.5, 0.6) is 0 Å². The first-order valence-electron chi connectivity index (χ1n) is 19.7. The summed E-state index contributed by atoms with van der Waals surface area (Å²) in [6, 6.07) is 66.5. The van der Waals surface area contributed by atoms with Gasteiger partial charge in [-0.2, -0.15) is 31.6 Å². The average molecular weight is 786 g/mol. The van der Waals surface area contributed by atoms with Gasteiger partial charge in [-0.1, -0.05) is 115 Å². The van der Waals surface area contributed by atoms with E-state index in [1.54, 1.807) is 6.07 Å². The Morgan fingerprint density at radius 1 is 0.323 bits per heavy atom. The van der Waals surface area contributed by atoms with E-state index in [1.807, 2.05) is 36.4 Å². The summed E-state index contributed by atoms with van der Waals surface area (Å²) in [6.07, 6.45) is 0. The first kappa shape index (κ1) is 36.8. The number of fused-ring (bicyclic) bond motifs is 9. The number of rotatable bonds is 4. The third kappa shape index (κ3) is 5.18. The molecule has 1 spiro atoms. The van der Waals surface area contributed by atoms with Gasteiger partial charge in [-0.05, 0) is 98.6 Å². The molecule has 62 heavy (non-hydrogen) atoms. The van der Waals surface area contributed by atoms with Gasteiger partial charge in [0.05, 0.1) is 92.3 Å². The van der Waals surface area contributed by atoms with E-state index >= 15 is 0 Å². The second-order valence-corrected chi connectivity index (χ2v) is 15.1. The lowest BCUT2D eigenvalue weighted by atomic mass is 9.64. The van der Waals surface area contributed by atoms with E-state index in [-0.39, 0.29) is 33.4 Å². The molecule has 0 bridgehead atoms. The fourth-order valence-electron chi connectivity index (χ4n) is 9.73. The molecular weight excluding hydrogens is 759 g/mol. The van der Waals surface area contributed by atoms with Crippen LogP contribution >= 0.6 is 0 Å². The lowest BCUT2D eigenvalue weighted by Gasteiger charge is -2.45. The van der Waals surface area contributed by atoms with Gasteiger partial charge in [-0.15, -0.1) is 0 Å². The second-order valence-electron chi connectivity index (χ2n) is 15.1. The predicted octanol–water partition coefficient (Wildman–Crippen LogP) is 12.1. The zero-order chi connectivity index (χ0) is 42.5. The molecule has 8 aromatic rings. The molecule has 10 rings (SSSR count). The maximum absolute atomic E-state index is 10.6. The quantitative estimate of drug-likeness (QED) is 0.172. The van der Waals surface area contributed by atoms with Gasteiger partial charge in [-0.25, -0.2) is 0 Å². The van der Waals surface area contributed by atoms with Crippen LogP contribution in [0.3, 0.4) is 0 Å². The van der Waals surface area contributed by atoms with Gasteiger partial charge in [0.25, 0.3) is 0 Å². The van der Waals surface area contributed by atoms with Gasteiger partial charge in [0.2, 0.25) is 0 Å². The molecule has 0 radical (unpaired) electrons. The van der Waals surface area contributed by atoms with Gasteiger partial charge in [-0.3, -0.25) is 0 Å². The Bertz CT molecular complexity index is 3350. The predicted molar refractivity (Wildman–Crippen MR) is 237 cm³/mol. The molecule has 1 heterocycles. The number of nitriles is 6. The zero-order valence-electron chi connectivity index (χ0n) is 32.7. The van der Waals surface area contributed by atoms with Crippen LogP contribution in [0.1, 0.15) is 55.6 Å². The van der Waals surface area contributed by atoms with Crippen LogP contribution in [0.25, 0.3) is 44.5 Å². The highest BCUT2D eigenvalue weighted by Crippen LogP contribution is 2.63.